The lowest BCUT2D eigenvalue weighted by atomic mass is 9.74. The number of rotatable bonds is 3. The van der Waals surface area contributed by atoms with Crippen LogP contribution in [0.5, 0.6) is 0 Å². The normalized spacial score (nSPS) is 31.0. The second-order valence-electron chi connectivity index (χ2n) is 9.73. The molecule has 24 heavy (non-hydrogen) atoms. The highest BCUT2D eigenvalue weighted by atomic mass is 16.4. The maximum atomic E-state index is 13.1. The van der Waals surface area contributed by atoms with E-state index in [0.29, 0.717) is 18.4 Å². The molecule has 2 fully saturated rings. The molecule has 1 aliphatic heterocycles. The topological polar surface area (TPSA) is 69.6 Å². The molecular weight excluding hydrogens is 304 g/mol. The number of carbonyl (C=O) groups is 2. The number of nitrogens with one attached hydrogen (secondary N) is 1. The van der Waals surface area contributed by atoms with Crippen molar-refractivity contribution in [2.45, 2.75) is 91.3 Å². The SMILES string of the molecule is CC1(C)CCC(N(C(=O)C(C)(C)C)[C@@H]2CN[C@](C)(C(=O)O)C2)CC1. The fraction of sp³-hybridized carbons (Fsp3) is 0.895. The second kappa shape index (κ2) is 6.32. The highest BCUT2D eigenvalue weighted by Gasteiger charge is 2.47. The number of hydrogen-bond acceptors (Lipinski definition) is 3. The minimum Gasteiger partial charge on any atom is -0.480 e. The molecule has 2 aliphatic rings. The van der Waals surface area contributed by atoms with E-state index in [2.05, 4.69) is 19.2 Å². The van der Waals surface area contributed by atoms with Gasteiger partial charge in [-0.05, 0) is 44.4 Å². The smallest absolute Gasteiger partial charge is 0.323 e. The molecule has 0 radical (unpaired) electrons. The first kappa shape index (κ1) is 19.2. The predicted molar refractivity (Wildman–Crippen MR) is 94.8 cm³/mol. The lowest BCUT2D eigenvalue weighted by Crippen LogP contribution is -2.53. The van der Waals surface area contributed by atoms with E-state index in [-0.39, 0.29) is 18.0 Å². The van der Waals surface area contributed by atoms with Crippen molar-refractivity contribution in [1.29, 1.82) is 0 Å². The average molecular weight is 338 g/mol. The first-order chi connectivity index (χ1) is 10.9. The summed E-state index contributed by atoms with van der Waals surface area (Å²) in [7, 11) is 0. The molecule has 1 heterocycles. The molecule has 1 amide bonds. The molecule has 2 rings (SSSR count). The predicted octanol–water partition coefficient (Wildman–Crippen LogP) is 3.04. The van der Waals surface area contributed by atoms with Crippen LogP contribution in [-0.4, -0.2) is 46.1 Å². The van der Waals surface area contributed by atoms with Crippen LogP contribution < -0.4 is 5.32 Å². The molecule has 1 saturated heterocycles. The average Bonchev–Trinajstić information content (AvgIpc) is 2.83. The van der Waals surface area contributed by atoms with E-state index in [4.69, 9.17) is 0 Å². The zero-order valence-electron chi connectivity index (χ0n) is 16.1. The zero-order valence-corrected chi connectivity index (χ0v) is 16.1. The van der Waals surface area contributed by atoms with Crippen LogP contribution in [0.25, 0.3) is 0 Å². The van der Waals surface area contributed by atoms with Gasteiger partial charge in [-0.2, -0.15) is 0 Å². The number of hydrogen-bond donors (Lipinski definition) is 2. The van der Waals surface area contributed by atoms with Crippen LogP contribution in [0.15, 0.2) is 0 Å². The van der Waals surface area contributed by atoms with E-state index < -0.39 is 16.9 Å². The minimum atomic E-state index is -0.935. The Balaban J connectivity index is 2.22. The maximum absolute atomic E-state index is 13.1. The number of carboxylic acids is 1. The van der Waals surface area contributed by atoms with Gasteiger partial charge in [0.05, 0.1) is 0 Å². The quantitative estimate of drug-likeness (QED) is 0.830. The summed E-state index contributed by atoms with van der Waals surface area (Å²) in [5.41, 5.74) is -1.04. The van der Waals surface area contributed by atoms with Gasteiger partial charge >= 0.3 is 5.97 Å². The van der Waals surface area contributed by atoms with Crippen molar-refractivity contribution in [2.75, 3.05) is 6.54 Å². The second-order valence-corrected chi connectivity index (χ2v) is 9.73. The van der Waals surface area contributed by atoms with E-state index in [0.717, 1.165) is 25.7 Å². The van der Waals surface area contributed by atoms with Crippen molar-refractivity contribution < 1.29 is 14.7 Å². The number of carbonyl (C=O) groups excluding carboxylic acids is 1. The van der Waals surface area contributed by atoms with Crippen LogP contribution in [-0.2, 0) is 9.59 Å². The Bertz CT molecular complexity index is 499. The Morgan fingerprint density at radius 2 is 1.62 bits per heavy atom. The lowest BCUT2D eigenvalue weighted by molar-refractivity contribution is -0.148. The van der Waals surface area contributed by atoms with Gasteiger partial charge in [-0.15, -0.1) is 0 Å². The maximum Gasteiger partial charge on any atom is 0.323 e. The Morgan fingerprint density at radius 1 is 1.08 bits per heavy atom. The van der Waals surface area contributed by atoms with Gasteiger partial charge in [-0.25, -0.2) is 0 Å². The Hall–Kier alpha value is -1.10. The van der Waals surface area contributed by atoms with Crippen LogP contribution in [0.4, 0.5) is 0 Å². The molecule has 1 aliphatic carbocycles. The van der Waals surface area contributed by atoms with Gasteiger partial charge in [-0.1, -0.05) is 34.6 Å². The minimum absolute atomic E-state index is 0.0379. The van der Waals surface area contributed by atoms with E-state index in [1.165, 1.54) is 0 Å². The molecule has 0 aromatic rings. The first-order valence-corrected chi connectivity index (χ1v) is 9.17. The van der Waals surface area contributed by atoms with E-state index in [9.17, 15) is 14.7 Å². The summed E-state index contributed by atoms with van der Waals surface area (Å²) in [4.78, 5) is 26.7. The van der Waals surface area contributed by atoms with Crippen LogP contribution in [0, 0.1) is 10.8 Å². The van der Waals surface area contributed by atoms with Crippen molar-refractivity contribution in [1.82, 2.24) is 10.2 Å². The highest BCUT2D eigenvalue weighted by Crippen LogP contribution is 2.40. The first-order valence-electron chi connectivity index (χ1n) is 9.17. The van der Waals surface area contributed by atoms with Crippen molar-refractivity contribution in [3.63, 3.8) is 0 Å². The molecule has 2 N–H and O–H groups in total. The van der Waals surface area contributed by atoms with E-state index in [1.807, 2.05) is 25.7 Å². The summed E-state index contributed by atoms with van der Waals surface area (Å²) in [6.45, 7) is 12.7. The molecule has 5 heteroatoms. The van der Waals surface area contributed by atoms with Gasteiger partial charge in [0.25, 0.3) is 0 Å². The fourth-order valence-corrected chi connectivity index (χ4v) is 4.00. The number of aliphatic carboxylic acids is 1. The molecule has 0 aromatic heterocycles. The van der Waals surface area contributed by atoms with Crippen LogP contribution in [0.1, 0.15) is 73.6 Å². The molecular formula is C19H34N2O3. The van der Waals surface area contributed by atoms with Gasteiger partial charge < -0.3 is 10.0 Å². The summed E-state index contributed by atoms with van der Waals surface area (Å²) < 4.78 is 0. The summed E-state index contributed by atoms with van der Waals surface area (Å²) in [5.74, 6) is -0.688. The van der Waals surface area contributed by atoms with Crippen LogP contribution in [0.3, 0.4) is 0 Å². The molecule has 138 valence electrons. The van der Waals surface area contributed by atoms with Gasteiger partial charge in [0.15, 0.2) is 0 Å². The molecule has 2 atom stereocenters. The van der Waals surface area contributed by atoms with Gasteiger partial charge in [-0.3, -0.25) is 14.9 Å². The van der Waals surface area contributed by atoms with E-state index >= 15 is 0 Å². The van der Waals surface area contributed by atoms with Crippen LogP contribution >= 0.6 is 0 Å². The van der Waals surface area contributed by atoms with Gasteiger partial charge in [0.2, 0.25) is 5.91 Å². The summed E-state index contributed by atoms with van der Waals surface area (Å²) in [6.07, 6.45) is 4.72. The Kier molecular flexibility index (Phi) is 5.06. The zero-order chi connectivity index (χ0) is 18.3. The van der Waals surface area contributed by atoms with E-state index in [1.54, 1.807) is 6.92 Å². The molecule has 0 unspecified atom stereocenters. The van der Waals surface area contributed by atoms with Gasteiger partial charge in [0.1, 0.15) is 5.54 Å². The molecule has 5 nitrogen and oxygen atoms in total. The van der Waals surface area contributed by atoms with Crippen LogP contribution in [0.2, 0.25) is 0 Å². The standard InChI is InChI=1S/C19H34N2O3/c1-17(2,3)15(22)21(13-7-9-18(4,5)10-8-13)14-11-19(6,16(23)24)20-12-14/h13-14,20H,7-12H2,1-6H3,(H,23,24)/t14-,19-/m0/s1. The number of amides is 1. The summed E-state index contributed by atoms with van der Waals surface area (Å²) in [5, 5.41) is 12.6. The lowest BCUT2D eigenvalue weighted by Gasteiger charge is -2.45. The third kappa shape index (κ3) is 3.93. The Morgan fingerprint density at radius 3 is 2.04 bits per heavy atom. The van der Waals surface area contributed by atoms with Crippen molar-refractivity contribution in [3.8, 4) is 0 Å². The van der Waals surface area contributed by atoms with Crippen molar-refractivity contribution >= 4 is 11.9 Å². The number of nitrogens with zero attached hydrogens (tertiary/aromatic N) is 1. The summed E-state index contributed by atoms with van der Waals surface area (Å²) in [6, 6.07) is 0.191. The van der Waals surface area contributed by atoms with Gasteiger partial charge in [0, 0.05) is 24.0 Å². The third-order valence-corrected chi connectivity index (χ3v) is 5.82. The number of carboxylic acid groups (broad SMARTS) is 1. The molecule has 1 saturated carbocycles. The molecule has 0 spiro atoms. The Labute approximate surface area is 146 Å². The monoisotopic (exact) mass is 338 g/mol. The fourth-order valence-electron chi connectivity index (χ4n) is 4.00. The van der Waals surface area contributed by atoms with Crippen molar-refractivity contribution in [2.24, 2.45) is 10.8 Å². The third-order valence-electron chi connectivity index (χ3n) is 5.82. The molecule has 0 aromatic carbocycles. The molecule has 0 bridgehead atoms. The highest BCUT2D eigenvalue weighted by molar-refractivity contribution is 5.83. The summed E-state index contributed by atoms with van der Waals surface area (Å²) >= 11 is 0. The van der Waals surface area contributed by atoms with Crippen molar-refractivity contribution in [3.05, 3.63) is 0 Å². The largest absolute Gasteiger partial charge is 0.480 e.